The van der Waals surface area contributed by atoms with Crippen LogP contribution in [-0.2, 0) is 19.1 Å². The fraction of sp³-hybridized carbons (Fsp3) is 0.375. The Bertz CT molecular complexity index is 694. The molecule has 0 bridgehead atoms. The number of carbonyl (C=O) groups excluding carboxylic acids is 2. The molecule has 1 heterocycles. The monoisotopic (exact) mass is 357 g/mol. The van der Waals surface area contributed by atoms with Gasteiger partial charge in [0.15, 0.2) is 0 Å². The Hall–Kier alpha value is -1.72. The maximum absolute atomic E-state index is 12.2. The van der Waals surface area contributed by atoms with Crippen LogP contribution in [0.15, 0.2) is 30.0 Å². The molecule has 7 heteroatoms. The maximum Gasteiger partial charge on any atom is 0.358 e. The number of hydrogen-bond acceptors (Lipinski definition) is 5. The van der Waals surface area contributed by atoms with Crippen LogP contribution in [0, 0.1) is 5.41 Å². The Morgan fingerprint density at radius 1 is 1.30 bits per heavy atom. The summed E-state index contributed by atoms with van der Waals surface area (Å²) in [5, 5.41) is 3.72. The van der Waals surface area contributed by atoms with Crippen LogP contribution in [0.5, 0.6) is 0 Å². The average molecular weight is 358 g/mol. The molecular weight excluding hydrogens is 341 g/mol. The molecule has 0 fully saturated rings. The molecule has 0 aliphatic carbocycles. The highest BCUT2D eigenvalue weighted by Gasteiger charge is 2.52. The van der Waals surface area contributed by atoms with E-state index in [4.69, 9.17) is 32.7 Å². The van der Waals surface area contributed by atoms with E-state index in [2.05, 4.69) is 5.32 Å². The fourth-order valence-corrected chi connectivity index (χ4v) is 2.54. The molecule has 0 radical (unpaired) electrons. The number of anilines is 1. The maximum atomic E-state index is 12.2. The van der Waals surface area contributed by atoms with Gasteiger partial charge in [-0.15, -0.1) is 0 Å². The number of esters is 2. The van der Waals surface area contributed by atoms with Gasteiger partial charge in [0, 0.05) is 23.4 Å². The first kappa shape index (κ1) is 17.6. The van der Waals surface area contributed by atoms with Crippen molar-refractivity contribution in [3.63, 3.8) is 0 Å². The van der Waals surface area contributed by atoms with E-state index in [9.17, 15) is 9.59 Å². The number of rotatable bonds is 3. The molecule has 1 aromatic carbocycles. The van der Waals surface area contributed by atoms with Crippen molar-refractivity contribution < 1.29 is 19.1 Å². The third-order valence-corrected chi connectivity index (χ3v) is 3.89. The van der Waals surface area contributed by atoms with E-state index in [1.165, 1.54) is 13.0 Å². The first-order valence-corrected chi connectivity index (χ1v) is 7.67. The van der Waals surface area contributed by atoms with Crippen molar-refractivity contribution in [3.8, 4) is 0 Å². The number of nitrogens with one attached hydrogen (secondary N) is 1. The van der Waals surface area contributed by atoms with E-state index in [1.807, 2.05) is 0 Å². The number of carbonyl (C=O) groups is 2. The molecule has 1 unspecified atom stereocenters. The van der Waals surface area contributed by atoms with Crippen LogP contribution in [0.4, 0.5) is 5.69 Å². The van der Waals surface area contributed by atoms with Crippen LogP contribution in [0.25, 0.3) is 0 Å². The van der Waals surface area contributed by atoms with Gasteiger partial charge in [-0.2, -0.15) is 0 Å². The molecule has 23 heavy (non-hydrogen) atoms. The van der Waals surface area contributed by atoms with Crippen molar-refractivity contribution in [2.75, 3.05) is 5.32 Å². The average Bonchev–Trinajstić information content (AvgIpc) is 2.69. The van der Waals surface area contributed by atoms with Crippen molar-refractivity contribution in [1.29, 1.82) is 0 Å². The molecule has 5 nitrogen and oxygen atoms in total. The van der Waals surface area contributed by atoms with Crippen LogP contribution < -0.4 is 5.32 Å². The lowest BCUT2D eigenvalue weighted by molar-refractivity contribution is -0.232. The molecule has 1 aliphatic rings. The Labute approximate surface area is 144 Å². The van der Waals surface area contributed by atoms with Crippen LogP contribution in [0.3, 0.4) is 0 Å². The van der Waals surface area contributed by atoms with Gasteiger partial charge in [0.2, 0.25) is 0 Å². The highest BCUT2D eigenvalue weighted by molar-refractivity contribution is 6.36. The van der Waals surface area contributed by atoms with Gasteiger partial charge in [-0.1, -0.05) is 44.0 Å². The Morgan fingerprint density at radius 3 is 2.48 bits per heavy atom. The number of benzene rings is 1. The third kappa shape index (κ3) is 3.62. The van der Waals surface area contributed by atoms with E-state index in [-0.39, 0.29) is 5.70 Å². The zero-order chi connectivity index (χ0) is 17.4. The minimum atomic E-state index is -1.48. The van der Waals surface area contributed by atoms with Crippen LogP contribution >= 0.6 is 23.2 Å². The van der Waals surface area contributed by atoms with E-state index >= 15 is 0 Å². The minimum Gasteiger partial charge on any atom is -0.418 e. The second-order valence-electron chi connectivity index (χ2n) is 6.21. The predicted octanol–water partition coefficient (Wildman–Crippen LogP) is 4.15. The normalized spacial score (nSPS) is 20.8. The molecule has 0 spiro atoms. The zero-order valence-corrected chi connectivity index (χ0v) is 14.7. The summed E-state index contributed by atoms with van der Waals surface area (Å²) >= 11 is 11.9. The lowest BCUT2D eigenvalue weighted by atomic mass is 9.85. The largest absolute Gasteiger partial charge is 0.418 e. The van der Waals surface area contributed by atoms with Gasteiger partial charge < -0.3 is 14.8 Å². The molecule has 1 N–H and O–H groups in total. The van der Waals surface area contributed by atoms with Gasteiger partial charge in [0.25, 0.3) is 5.79 Å². The lowest BCUT2D eigenvalue weighted by Crippen LogP contribution is -2.46. The van der Waals surface area contributed by atoms with Crippen molar-refractivity contribution >= 4 is 40.8 Å². The third-order valence-electron chi connectivity index (χ3n) is 3.34. The Balaban J connectivity index is 2.38. The molecule has 0 amide bonds. The Kier molecular flexibility index (Phi) is 4.64. The molecule has 0 saturated heterocycles. The summed E-state index contributed by atoms with van der Waals surface area (Å²) in [5.41, 5.74) is -0.0149. The first-order chi connectivity index (χ1) is 10.5. The van der Waals surface area contributed by atoms with Gasteiger partial charge in [-0.05, 0) is 18.2 Å². The molecule has 124 valence electrons. The second-order valence-corrected chi connectivity index (χ2v) is 7.05. The van der Waals surface area contributed by atoms with Crippen molar-refractivity contribution in [2.45, 2.75) is 33.5 Å². The van der Waals surface area contributed by atoms with Gasteiger partial charge in [-0.3, -0.25) is 4.79 Å². The molecule has 0 aromatic heterocycles. The topological polar surface area (TPSA) is 64.6 Å². The lowest BCUT2D eigenvalue weighted by Gasteiger charge is -2.36. The second kappa shape index (κ2) is 6.06. The SMILES string of the molecule is CC(=O)OC1(C(C)(C)C)C=C(Nc2ccc(Cl)cc2Cl)C(=O)O1. The number of halogens is 2. The minimum absolute atomic E-state index is 0.144. The summed E-state index contributed by atoms with van der Waals surface area (Å²) < 4.78 is 10.7. The highest BCUT2D eigenvalue weighted by Crippen LogP contribution is 2.42. The molecular formula is C16H17Cl2NO4. The zero-order valence-electron chi connectivity index (χ0n) is 13.2. The fourth-order valence-electron chi connectivity index (χ4n) is 2.08. The standard InChI is InChI=1S/C16H17Cl2NO4/c1-9(20)22-16(15(2,3)4)8-13(14(21)23-16)19-12-6-5-10(17)7-11(12)18/h5-8,19H,1-4H3. The summed E-state index contributed by atoms with van der Waals surface area (Å²) in [6, 6.07) is 4.83. The predicted molar refractivity (Wildman–Crippen MR) is 88.2 cm³/mol. The molecule has 1 atom stereocenters. The van der Waals surface area contributed by atoms with Gasteiger partial charge >= 0.3 is 11.9 Å². The summed E-state index contributed by atoms with van der Waals surface area (Å²) in [6.07, 6.45) is 1.46. The van der Waals surface area contributed by atoms with E-state index < -0.39 is 23.1 Å². The Morgan fingerprint density at radius 2 is 1.96 bits per heavy atom. The van der Waals surface area contributed by atoms with Gasteiger partial charge in [-0.25, -0.2) is 4.79 Å². The smallest absolute Gasteiger partial charge is 0.358 e. The number of cyclic esters (lactones) is 1. The number of ether oxygens (including phenoxy) is 2. The summed E-state index contributed by atoms with van der Waals surface area (Å²) in [4.78, 5) is 23.6. The quantitative estimate of drug-likeness (QED) is 0.823. The van der Waals surface area contributed by atoms with Gasteiger partial charge in [0.05, 0.1) is 10.7 Å². The van der Waals surface area contributed by atoms with Crippen molar-refractivity contribution in [1.82, 2.24) is 0 Å². The van der Waals surface area contributed by atoms with Crippen LogP contribution in [-0.4, -0.2) is 17.7 Å². The summed E-state index contributed by atoms with van der Waals surface area (Å²) in [7, 11) is 0. The number of hydrogen-bond donors (Lipinski definition) is 1. The molecule has 1 aliphatic heterocycles. The van der Waals surface area contributed by atoms with E-state index in [0.717, 1.165) is 0 Å². The first-order valence-electron chi connectivity index (χ1n) is 6.92. The summed E-state index contributed by atoms with van der Waals surface area (Å²) in [5.74, 6) is -2.65. The highest BCUT2D eigenvalue weighted by atomic mass is 35.5. The molecule has 1 aromatic rings. The molecule has 0 saturated carbocycles. The van der Waals surface area contributed by atoms with Crippen molar-refractivity contribution in [3.05, 3.63) is 40.0 Å². The van der Waals surface area contributed by atoms with E-state index in [0.29, 0.717) is 15.7 Å². The summed E-state index contributed by atoms with van der Waals surface area (Å²) in [6.45, 7) is 6.67. The molecule has 2 rings (SSSR count). The van der Waals surface area contributed by atoms with E-state index in [1.54, 1.807) is 39.0 Å². The van der Waals surface area contributed by atoms with Gasteiger partial charge in [0.1, 0.15) is 5.70 Å². The van der Waals surface area contributed by atoms with Crippen LogP contribution in [0.1, 0.15) is 27.7 Å². The van der Waals surface area contributed by atoms with Crippen LogP contribution in [0.2, 0.25) is 10.0 Å². The van der Waals surface area contributed by atoms with Crippen molar-refractivity contribution in [2.24, 2.45) is 5.41 Å².